The molecule has 1 aliphatic heterocycles. The summed E-state index contributed by atoms with van der Waals surface area (Å²) in [5, 5.41) is 3.09. The van der Waals surface area contributed by atoms with Gasteiger partial charge in [-0.3, -0.25) is 4.79 Å². The number of carbonyl (C=O) groups excluding carboxylic acids is 1. The summed E-state index contributed by atoms with van der Waals surface area (Å²) in [4.78, 5) is 13.3. The van der Waals surface area contributed by atoms with E-state index in [4.69, 9.17) is 15.2 Å². The third kappa shape index (κ3) is 2.83. The quantitative estimate of drug-likeness (QED) is 0.795. The van der Waals surface area contributed by atoms with Crippen LogP contribution in [0.3, 0.4) is 0 Å². The molecule has 0 bridgehead atoms. The van der Waals surface area contributed by atoms with E-state index in [-0.39, 0.29) is 11.9 Å². The van der Waals surface area contributed by atoms with Crippen LogP contribution in [-0.2, 0) is 4.79 Å². The van der Waals surface area contributed by atoms with Crippen molar-refractivity contribution in [1.82, 2.24) is 4.90 Å². The standard InChI is InChI=1S/C13H19N3O3/c1-8(13(17)16(2)3)15-10-7-12-11(6-9(10)14)18-4-5-19-12/h6-8,15H,4-5,14H2,1-3H3. The molecule has 1 aliphatic rings. The highest BCUT2D eigenvalue weighted by atomic mass is 16.6. The Balaban J connectivity index is 2.18. The van der Waals surface area contributed by atoms with Crippen molar-refractivity contribution >= 4 is 17.3 Å². The Kier molecular flexibility index (Phi) is 3.69. The van der Waals surface area contributed by atoms with Gasteiger partial charge >= 0.3 is 0 Å². The van der Waals surface area contributed by atoms with E-state index in [1.807, 2.05) is 0 Å². The van der Waals surface area contributed by atoms with Crippen LogP contribution in [-0.4, -0.2) is 44.2 Å². The summed E-state index contributed by atoms with van der Waals surface area (Å²) in [6.45, 7) is 2.83. The predicted octanol–water partition coefficient (Wildman–Crippen LogP) is 0.929. The number of ether oxygens (including phenoxy) is 2. The Labute approximate surface area is 112 Å². The van der Waals surface area contributed by atoms with Crippen molar-refractivity contribution in [2.45, 2.75) is 13.0 Å². The number of carbonyl (C=O) groups is 1. The van der Waals surface area contributed by atoms with Crippen LogP contribution in [0.15, 0.2) is 12.1 Å². The fourth-order valence-electron chi connectivity index (χ4n) is 1.91. The van der Waals surface area contributed by atoms with Crippen LogP contribution in [0.5, 0.6) is 11.5 Å². The zero-order valence-electron chi connectivity index (χ0n) is 11.4. The van der Waals surface area contributed by atoms with E-state index >= 15 is 0 Å². The molecule has 1 aromatic carbocycles. The second kappa shape index (κ2) is 5.26. The molecule has 104 valence electrons. The molecule has 3 N–H and O–H groups in total. The maximum Gasteiger partial charge on any atom is 0.244 e. The maximum absolute atomic E-state index is 11.8. The van der Waals surface area contributed by atoms with Crippen LogP contribution < -0.4 is 20.5 Å². The van der Waals surface area contributed by atoms with Crippen LogP contribution in [0.1, 0.15) is 6.92 Å². The van der Waals surface area contributed by atoms with Gasteiger partial charge in [0.05, 0.1) is 11.4 Å². The van der Waals surface area contributed by atoms with Gasteiger partial charge in [0.15, 0.2) is 11.5 Å². The average Bonchev–Trinajstić information content (AvgIpc) is 2.38. The lowest BCUT2D eigenvalue weighted by molar-refractivity contribution is -0.129. The SMILES string of the molecule is CC(Nc1cc2c(cc1N)OCCO2)C(=O)N(C)C. The van der Waals surface area contributed by atoms with Crippen molar-refractivity contribution in [3.8, 4) is 11.5 Å². The lowest BCUT2D eigenvalue weighted by Gasteiger charge is -2.23. The Morgan fingerprint density at radius 2 is 1.89 bits per heavy atom. The van der Waals surface area contributed by atoms with Crippen molar-refractivity contribution in [1.29, 1.82) is 0 Å². The number of hydrogen-bond acceptors (Lipinski definition) is 5. The molecule has 1 atom stereocenters. The fourth-order valence-corrected chi connectivity index (χ4v) is 1.91. The molecule has 6 nitrogen and oxygen atoms in total. The number of likely N-dealkylation sites (N-methyl/N-ethyl adjacent to an activating group) is 1. The summed E-state index contributed by atoms with van der Waals surface area (Å²) in [6, 6.07) is 3.12. The normalized spacial score (nSPS) is 14.7. The molecular weight excluding hydrogens is 246 g/mol. The first-order valence-corrected chi connectivity index (χ1v) is 6.16. The molecule has 0 aliphatic carbocycles. The summed E-state index contributed by atoms with van der Waals surface area (Å²) in [7, 11) is 3.43. The Morgan fingerprint density at radius 3 is 2.47 bits per heavy atom. The molecule has 2 rings (SSSR count). The molecule has 1 heterocycles. The number of fused-ring (bicyclic) bond motifs is 1. The van der Waals surface area contributed by atoms with E-state index in [1.54, 1.807) is 33.2 Å². The number of benzene rings is 1. The first-order chi connectivity index (χ1) is 8.99. The zero-order chi connectivity index (χ0) is 14.0. The second-order valence-electron chi connectivity index (χ2n) is 4.68. The van der Waals surface area contributed by atoms with Gasteiger partial charge < -0.3 is 25.4 Å². The summed E-state index contributed by atoms with van der Waals surface area (Å²) in [5.41, 5.74) is 7.15. The van der Waals surface area contributed by atoms with E-state index in [9.17, 15) is 4.79 Å². The van der Waals surface area contributed by atoms with E-state index in [2.05, 4.69) is 5.32 Å². The number of rotatable bonds is 3. The van der Waals surface area contributed by atoms with Gasteiger partial charge in [-0.25, -0.2) is 0 Å². The molecule has 0 fully saturated rings. The summed E-state index contributed by atoms with van der Waals surface area (Å²) >= 11 is 0. The van der Waals surface area contributed by atoms with Crippen molar-refractivity contribution in [3.05, 3.63) is 12.1 Å². The van der Waals surface area contributed by atoms with Crippen LogP contribution in [0, 0.1) is 0 Å². The topological polar surface area (TPSA) is 76.8 Å². The van der Waals surface area contributed by atoms with E-state index in [0.29, 0.717) is 36.1 Å². The minimum Gasteiger partial charge on any atom is -0.486 e. The summed E-state index contributed by atoms with van der Waals surface area (Å²) in [6.07, 6.45) is 0. The first-order valence-electron chi connectivity index (χ1n) is 6.16. The van der Waals surface area contributed by atoms with Crippen LogP contribution in [0.25, 0.3) is 0 Å². The highest BCUT2D eigenvalue weighted by molar-refractivity contribution is 5.85. The molecule has 1 amide bonds. The minimum absolute atomic E-state index is 0.0192. The van der Waals surface area contributed by atoms with Gasteiger partial charge in [0.25, 0.3) is 0 Å². The number of anilines is 2. The van der Waals surface area contributed by atoms with Gasteiger partial charge in [-0.2, -0.15) is 0 Å². The number of nitrogens with two attached hydrogens (primary N) is 1. The highest BCUT2D eigenvalue weighted by Crippen LogP contribution is 2.37. The predicted molar refractivity (Wildman–Crippen MR) is 73.6 cm³/mol. The molecule has 0 spiro atoms. The monoisotopic (exact) mass is 265 g/mol. The van der Waals surface area contributed by atoms with E-state index in [0.717, 1.165) is 0 Å². The second-order valence-corrected chi connectivity index (χ2v) is 4.68. The fraction of sp³-hybridized carbons (Fsp3) is 0.462. The van der Waals surface area contributed by atoms with Crippen LogP contribution >= 0.6 is 0 Å². The average molecular weight is 265 g/mol. The summed E-state index contributed by atoms with van der Waals surface area (Å²) in [5.74, 6) is 1.27. The minimum atomic E-state index is -0.361. The number of amides is 1. The van der Waals surface area contributed by atoms with Gasteiger partial charge in [0.2, 0.25) is 5.91 Å². The zero-order valence-corrected chi connectivity index (χ0v) is 11.4. The number of nitrogen functional groups attached to an aromatic ring is 1. The molecule has 0 aromatic heterocycles. The largest absolute Gasteiger partial charge is 0.486 e. The van der Waals surface area contributed by atoms with Crippen molar-refractivity contribution in [2.24, 2.45) is 0 Å². The molecule has 0 saturated heterocycles. The van der Waals surface area contributed by atoms with Crippen LogP contribution in [0.2, 0.25) is 0 Å². The van der Waals surface area contributed by atoms with Gasteiger partial charge in [0, 0.05) is 26.2 Å². The third-order valence-corrected chi connectivity index (χ3v) is 2.90. The third-order valence-electron chi connectivity index (χ3n) is 2.90. The summed E-state index contributed by atoms with van der Waals surface area (Å²) < 4.78 is 10.9. The molecule has 0 radical (unpaired) electrons. The van der Waals surface area contributed by atoms with Crippen LogP contribution in [0.4, 0.5) is 11.4 Å². The highest BCUT2D eigenvalue weighted by Gasteiger charge is 2.19. The number of hydrogen-bond donors (Lipinski definition) is 2. The Bertz CT molecular complexity index is 488. The van der Waals surface area contributed by atoms with Gasteiger partial charge in [-0.1, -0.05) is 0 Å². The molecule has 6 heteroatoms. The molecule has 0 saturated carbocycles. The van der Waals surface area contributed by atoms with Crippen molar-refractivity contribution in [3.63, 3.8) is 0 Å². The number of nitrogens with zero attached hydrogens (tertiary/aromatic N) is 1. The van der Waals surface area contributed by atoms with E-state index < -0.39 is 0 Å². The number of nitrogens with one attached hydrogen (secondary N) is 1. The molecular formula is C13H19N3O3. The lowest BCUT2D eigenvalue weighted by Crippen LogP contribution is -2.36. The molecule has 1 unspecified atom stereocenters. The first kappa shape index (κ1) is 13.3. The molecule has 1 aromatic rings. The Morgan fingerprint density at radius 1 is 1.32 bits per heavy atom. The van der Waals surface area contributed by atoms with Crippen molar-refractivity contribution in [2.75, 3.05) is 38.4 Å². The molecule has 19 heavy (non-hydrogen) atoms. The maximum atomic E-state index is 11.8. The van der Waals surface area contributed by atoms with E-state index in [1.165, 1.54) is 4.90 Å². The lowest BCUT2D eigenvalue weighted by atomic mass is 10.2. The Hall–Kier alpha value is -2.11. The van der Waals surface area contributed by atoms with Crippen molar-refractivity contribution < 1.29 is 14.3 Å². The van der Waals surface area contributed by atoms with Gasteiger partial charge in [-0.05, 0) is 6.92 Å². The smallest absolute Gasteiger partial charge is 0.244 e. The van der Waals surface area contributed by atoms with Gasteiger partial charge in [0.1, 0.15) is 19.3 Å². The van der Waals surface area contributed by atoms with Gasteiger partial charge in [-0.15, -0.1) is 0 Å².